The number of likely N-dealkylation sites (N-methyl/N-ethyl adjacent to an activating group) is 1. The van der Waals surface area contributed by atoms with Crippen molar-refractivity contribution in [3.05, 3.63) is 85.1 Å². The molecule has 0 amide bonds. The largest absolute Gasteiger partial charge is 0.544 e. The number of carboxylic acid groups (broad SMARTS) is 1. The Morgan fingerprint density at radius 2 is 0.922 bits per heavy atom. The van der Waals surface area contributed by atoms with Gasteiger partial charge in [-0.3, -0.25) is 9.59 Å². The Labute approximate surface area is 393 Å². The van der Waals surface area contributed by atoms with Crippen LogP contribution in [0.25, 0.3) is 0 Å². The first-order valence-electron chi connectivity index (χ1n) is 25.6. The van der Waals surface area contributed by atoms with Crippen LogP contribution in [0.2, 0.25) is 0 Å². The van der Waals surface area contributed by atoms with Gasteiger partial charge in [-0.2, -0.15) is 0 Å². The normalized spacial score (nSPS) is 13.6. The quantitative estimate of drug-likeness (QED) is 0.0197. The van der Waals surface area contributed by atoms with Crippen molar-refractivity contribution in [3.8, 4) is 0 Å². The van der Waals surface area contributed by atoms with Gasteiger partial charge >= 0.3 is 11.9 Å². The summed E-state index contributed by atoms with van der Waals surface area (Å²) in [7, 11) is 5.40. The molecule has 366 valence electrons. The van der Waals surface area contributed by atoms with Crippen molar-refractivity contribution in [3.63, 3.8) is 0 Å². The van der Waals surface area contributed by atoms with Crippen LogP contribution in [0, 0.1) is 0 Å². The first kappa shape index (κ1) is 60.5. The van der Waals surface area contributed by atoms with Crippen LogP contribution in [-0.2, 0) is 28.6 Å². The fourth-order valence-corrected chi connectivity index (χ4v) is 7.09. The van der Waals surface area contributed by atoms with Crippen molar-refractivity contribution < 1.29 is 38.2 Å². The van der Waals surface area contributed by atoms with E-state index in [1.165, 1.54) is 57.8 Å². The van der Waals surface area contributed by atoms with Gasteiger partial charge in [0.2, 0.25) is 0 Å². The molecule has 0 fully saturated rings. The molecular weight excluding hydrogens is 799 g/mol. The average Bonchev–Trinajstić information content (AvgIpc) is 3.26. The summed E-state index contributed by atoms with van der Waals surface area (Å²) >= 11 is 0. The van der Waals surface area contributed by atoms with E-state index >= 15 is 0 Å². The number of hydrogen-bond acceptors (Lipinski definition) is 7. The highest BCUT2D eigenvalue weighted by atomic mass is 16.6. The van der Waals surface area contributed by atoms with Crippen LogP contribution in [0.5, 0.6) is 0 Å². The molecule has 0 saturated carbocycles. The van der Waals surface area contributed by atoms with E-state index < -0.39 is 18.1 Å². The summed E-state index contributed by atoms with van der Waals surface area (Å²) in [6.07, 6.45) is 60.4. The molecule has 8 heteroatoms. The summed E-state index contributed by atoms with van der Waals surface area (Å²) in [5.74, 6) is -1.78. The number of ether oxygens (including phenoxy) is 3. The van der Waals surface area contributed by atoms with Gasteiger partial charge in [-0.15, -0.1) is 0 Å². The smallest absolute Gasteiger partial charge is 0.306 e. The average molecular weight is 894 g/mol. The maximum atomic E-state index is 12.8. The number of unbranched alkanes of at least 4 members (excludes halogenated alkanes) is 18. The fourth-order valence-electron chi connectivity index (χ4n) is 7.09. The van der Waals surface area contributed by atoms with E-state index in [-0.39, 0.29) is 42.7 Å². The first-order valence-corrected chi connectivity index (χ1v) is 25.6. The van der Waals surface area contributed by atoms with Gasteiger partial charge in [-0.05, 0) is 83.5 Å². The highest BCUT2D eigenvalue weighted by Crippen LogP contribution is 2.13. The van der Waals surface area contributed by atoms with Gasteiger partial charge in [0.05, 0.1) is 40.3 Å². The van der Waals surface area contributed by atoms with Crippen LogP contribution in [0.15, 0.2) is 85.1 Å². The monoisotopic (exact) mass is 894 g/mol. The van der Waals surface area contributed by atoms with Crippen LogP contribution in [0.4, 0.5) is 0 Å². The first-order chi connectivity index (χ1) is 31.1. The number of carboxylic acids is 1. The predicted molar refractivity (Wildman–Crippen MR) is 268 cm³/mol. The Kier molecular flexibility index (Phi) is 43.5. The molecule has 8 nitrogen and oxygen atoms in total. The molecule has 0 rings (SSSR count). The molecule has 2 atom stereocenters. The molecule has 0 aliphatic heterocycles. The Bertz CT molecular complexity index is 1320. The molecule has 2 unspecified atom stereocenters. The van der Waals surface area contributed by atoms with Gasteiger partial charge in [0.25, 0.3) is 0 Å². The number of hydrogen-bond donors (Lipinski definition) is 0. The zero-order chi connectivity index (χ0) is 47.0. The minimum atomic E-state index is -1.13. The lowest BCUT2D eigenvalue weighted by Gasteiger charge is -2.34. The third-order valence-corrected chi connectivity index (χ3v) is 11.0. The molecule has 0 aromatic heterocycles. The Morgan fingerprint density at radius 3 is 1.39 bits per heavy atom. The molecule has 0 N–H and O–H groups in total. The molecule has 0 saturated heterocycles. The topological polar surface area (TPSA) is 102 Å². The molecule has 0 aliphatic carbocycles. The van der Waals surface area contributed by atoms with Gasteiger partial charge in [0.1, 0.15) is 12.6 Å². The van der Waals surface area contributed by atoms with Crippen LogP contribution >= 0.6 is 0 Å². The molecular formula is C56H95NO7. The maximum Gasteiger partial charge on any atom is 0.306 e. The van der Waals surface area contributed by atoms with Crippen molar-refractivity contribution in [2.75, 3.05) is 41.0 Å². The van der Waals surface area contributed by atoms with Crippen molar-refractivity contribution >= 4 is 17.9 Å². The Balaban J connectivity index is 4.33. The number of quaternary nitrogens is 1. The van der Waals surface area contributed by atoms with E-state index in [1.807, 2.05) is 0 Å². The summed E-state index contributed by atoms with van der Waals surface area (Å²) in [5.41, 5.74) is 0. The van der Waals surface area contributed by atoms with E-state index in [0.29, 0.717) is 12.8 Å². The van der Waals surface area contributed by atoms with Crippen molar-refractivity contribution in [2.45, 2.75) is 212 Å². The van der Waals surface area contributed by atoms with E-state index in [9.17, 15) is 19.5 Å². The Hall–Kier alpha value is -3.49. The van der Waals surface area contributed by atoms with E-state index in [2.05, 4.69) is 98.9 Å². The molecule has 0 aromatic carbocycles. The van der Waals surface area contributed by atoms with Crippen LogP contribution in [0.1, 0.15) is 200 Å². The fraction of sp³-hybridized carbons (Fsp3) is 0.696. The van der Waals surface area contributed by atoms with E-state index in [0.717, 1.165) is 109 Å². The molecule has 0 bridgehead atoms. The molecule has 0 aliphatic rings. The summed E-state index contributed by atoms with van der Waals surface area (Å²) in [4.78, 5) is 37.0. The second-order valence-corrected chi connectivity index (χ2v) is 18.1. The second kappa shape index (κ2) is 46.1. The lowest BCUT2D eigenvalue weighted by Crippen LogP contribution is -2.55. The van der Waals surface area contributed by atoms with Crippen LogP contribution in [0.3, 0.4) is 0 Å². The number of esters is 2. The third-order valence-electron chi connectivity index (χ3n) is 11.0. The zero-order valence-electron chi connectivity index (χ0n) is 41.7. The molecule has 0 spiro atoms. The molecule has 64 heavy (non-hydrogen) atoms. The number of rotatable bonds is 45. The highest BCUT2D eigenvalue weighted by Gasteiger charge is 2.25. The molecule has 0 radical (unpaired) electrons. The zero-order valence-corrected chi connectivity index (χ0v) is 41.7. The van der Waals surface area contributed by atoms with Gasteiger partial charge in [0.15, 0.2) is 6.10 Å². The second-order valence-electron chi connectivity index (χ2n) is 18.1. The summed E-state index contributed by atoms with van der Waals surface area (Å²) in [6.45, 7) is 4.51. The van der Waals surface area contributed by atoms with E-state index in [4.69, 9.17) is 14.2 Å². The number of carbonyl (C=O) groups excluding carboxylic acids is 3. The third kappa shape index (κ3) is 43.7. The van der Waals surface area contributed by atoms with Crippen molar-refractivity contribution in [2.24, 2.45) is 0 Å². The summed E-state index contributed by atoms with van der Waals surface area (Å²) in [5, 5.41) is 11.7. The lowest BCUT2D eigenvalue weighted by molar-refractivity contribution is -0.889. The molecule has 0 heterocycles. The Morgan fingerprint density at radius 1 is 0.500 bits per heavy atom. The SMILES string of the molecule is CC/C=C/C/C=C/C/C=C/C/C=C/C/C=C/CCCCCCCCC(=O)OCC(COCCC(C(=O)[O-])[N+](C)(C)C)OC(=O)CCCCCCC/C=C/C=C/CCCCCCCCC. The summed E-state index contributed by atoms with van der Waals surface area (Å²) in [6, 6.07) is -0.736. The minimum Gasteiger partial charge on any atom is -0.544 e. The number of nitrogens with zero attached hydrogens (tertiary/aromatic N) is 1. The van der Waals surface area contributed by atoms with Gasteiger partial charge < -0.3 is 28.6 Å². The number of allylic oxidation sites excluding steroid dienone is 14. The lowest BCUT2D eigenvalue weighted by atomic mass is 10.1. The van der Waals surface area contributed by atoms with Crippen molar-refractivity contribution in [1.82, 2.24) is 0 Å². The van der Waals surface area contributed by atoms with Crippen LogP contribution < -0.4 is 5.11 Å². The maximum absolute atomic E-state index is 12.8. The number of carbonyl (C=O) groups is 3. The van der Waals surface area contributed by atoms with Gasteiger partial charge in [0, 0.05) is 19.3 Å². The molecule has 0 aromatic rings. The van der Waals surface area contributed by atoms with Crippen LogP contribution in [-0.4, -0.2) is 75.5 Å². The number of aliphatic carboxylic acids is 1. The van der Waals surface area contributed by atoms with Gasteiger partial charge in [-0.25, -0.2) is 0 Å². The minimum absolute atomic E-state index is 0.0252. The van der Waals surface area contributed by atoms with Gasteiger partial charge in [-0.1, -0.05) is 182 Å². The standard InChI is InChI=1S/C56H95NO7/c1-6-8-10-12-14-16-18-20-22-24-26-27-28-29-31-32-34-36-38-40-42-44-46-54(58)63-51-52(50-62-49-48-53(56(60)61)57(3,4)5)64-55(59)47-45-43-41-39-37-35-33-30-25-23-21-19-17-15-13-11-9-7-2/h8,10,14,16,20,22-23,25-27,29-31,33,52-53H,6-7,9,11-13,15,17-19,21,24,28,32,34-51H2,1-5H3/b10-8+,16-14+,22-20+,25-23+,27-26+,31-29+,33-30+. The highest BCUT2D eigenvalue weighted by molar-refractivity contribution is 5.70. The predicted octanol–water partition coefficient (Wildman–Crippen LogP) is 13.5. The summed E-state index contributed by atoms with van der Waals surface area (Å²) < 4.78 is 17.2. The van der Waals surface area contributed by atoms with Crippen molar-refractivity contribution in [1.29, 1.82) is 0 Å². The van der Waals surface area contributed by atoms with E-state index in [1.54, 1.807) is 21.1 Å².